The van der Waals surface area contributed by atoms with Crippen LogP contribution in [0.5, 0.6) is 17.2 Å². The van der Waals surface area contributed by atoms with Crippen LogP contribution in [-0.2, 0) is 19.7 Å². The predicted molar refractivity (Wildman–Crippen MR) is 127 cm³/mol. The highest BCUT2D eigenvalue weighted by molar-refractivity contribution is 9.10. The summed E-state index contributed by atoms with van der Waals surface area (Å²) in [5.41, 5.74) is 3.45. The number of rotatable bonds is 10. The molecule has 1 N–H and O–H groups in total. The molecule has 0 aliphatic heterocycles. The fourth-order valence-electron chi connectivity index (χ4n) is 2.95. The van der Waals surface area contributed by atoms with Crippen LogP contribution in [0.4, 0.5) is 0 Å². The minimum absolute atomic E-state index is 0. The number of hydrogen-bond donors (Lipinski definition) is 1. The van der Waals surface area contributed by atoms with Crippen molar-refractivity contribution in [1.82, 2.24) is 5.32 Å². The Bertz CT molecular complexity index is 904. The van der Waals surface area contributed by atoms with Gasteiger partial charge < -0.3 is 19.5 Å². The first kappa shape index (κ1) is 24.1. The summed E-state index contributed by atoms with van der Waals surface area (Å²) in [6.45, 7) is 4.55. The largest absolute Gasteiger partial charge is 0.497 e. The molecule has 30 heavy (non-hydrogen) atoms. The quantitative estimate of drug-likeness (QED) is 0.369. The van der Waals surface area contributed by atoms with Crippen molar-refractivity contribution in [2.24, 2.45) is 0 Å². The van der Waals surface area contributed by atoms with Gasteiger partial charge >= 0.3 is 0 Å². The van der Waals surface area contributed by atoms with Crippen molar-refractivity contribution >= 4 is 28.3 Å². The normalized spacial score (nSPS) is 10.2. The van der Waals surface area contributed by atoms with E-state index in [9.17, 15) is 0 Å². The molecule has 0 bridgehead atoms. The van der Waals surface area contributed by atoms with E-state index < -0.39 is 0 Å². The van der Waals surface area contributed by atoms with E-state index in [1.54, 1.807) is 7.11 Å². The second-order valence-electron chi connectivity index (χ2n) is 6.56. The molecule has 0 heterocycles. The molecule has 0 spiro atoms. The predicted octanol–water partition coefficient (Wildman–Crippen LogP) is 6.15. The lowest BCUT2D eigenvalue weighted by Gasteiger charge is -2.16. The summed E-state index contributed by atoms with van der Waals surface area (Å²) in [5, 5.41) is 3.47. The third-order valence-electron chi connectivity index (χ3n) is 4.41. The highest BCUT2D eigenvalue weighted by atomic mass is 79.9. The maximum Gasteiger partial charge on any atom is 0.175 e. The first-order valence-corrected chi connectivity index (χ1v) is 10.4. The van der Waals surface area contributed by atoms with Gasteiger partial charge in [-0.05, 0) is 63.8 Å². The van der Waals surface area contributed by atoms with E-state index >= 15 is 0 Å². The van der Waals surface area contributed by atoms with Crippen LogP contribution in [0, 0.1) is 0 Å². The number of ether oxygens (including phenoxy) is 3. The van der Waals surface area contributed by atoms with Crippen molar-refractivity contribution < 1.29 is 14.2 Å². The highest BCUT2D eigenvalue weighted by Gasteiger charge is 2.12. The van der Waals surface area contributed by atoms with Crippen LogP contribution in [0.1, 0.15) is 23.6 Å². The Hall–Kier alpha value is -2.21. The van der Waals surface area contributed by atoms with E-state index in [0.29, 0.717) is 13.2 Å². The zero-order chi connectivity index (χ0) is 20.5. The van der Waals surface area contributed by atoms with Crippen LogP contribution in [0.25, 0.3) is 0 Å². The average Bonchev–Trinajstić information content (AvgIpc) is 2.74. The zero-order valence-corrected chi connectivity index (χ0v) is 19.6. The third kappa shape index (κ3) is 6.94. The molecular formula is C24H27BrClNO3. The van der Waals surface area contributed by atoms with Gasteiger partial charge in [-0.2, -0.15) is 0 Å². The average molecular weight is 493 g/mol. The second kappa shape index (κ2) is 12.5. The summed E-state index contributed by atoms with van der Waals surface area (Å²) in [7, 11) is 1.67. The van der Waals surface area contributed by atoms with Gasteiger partial charge in [0.2, 0.25) is 0 Å². The third-order valence-corrected chi connectivity index (χ3v) is 5.00. The Morgan fingerprint density at radius 2 is 1.53 bits per heavy atom. The van der Waals surface area contributed by atoms with E-state index in [1.165, 1.54) is 5.56 Å². The molecule has 0 aromatic heterocycles. The standard InChI is InChI=1S/C24H26BrNO3.ClH/c1-3-28-23-14-20(16-26-15-18-9-11-21(27-2)12-10-18)13-22(25)24(23)29-17-19-7-5-4-6-8-19;/h4-14,26H,3,15-17H2,1-2H3;1H. The lowest BCUT2D eigenvalue weighted by Crippen LogP contribution is -2.13. The molecule has 0 atom stereocenters. The van der Waals surface area contributed by atoms with Crippen molar-refractivity contribution in [3.05, 3.63) is 87.9 Å². The lowest BCUT2D eigenvalue weighted by molar-refractivity contribution is 0.267. The highest BCUT2D eigenvalue weighted by Crippen LogP contribution is 2.37. The molecule has 3 rings (SSSR count). The Balaban J connectivity index is 0.00000320. The maximum atomic E-state index is 6.05. The molecule has 3 aromatic rings. The molecule has 0 fully saturated rings. The molecule has 4 nitrogen and oxygen atoms in total. The van der Waals surface area contributed by atoms with Gasteiger partial charge in [0.05, 0.1) is 18.2 Å². The van der Waals surface area contributed by atoms with Crippen LogP contribution >= 0.6 is 28.3 Å². The number of methoxy groups -OCH3 is 1. The summed E-state index contributed by atoms with van der Waals surface area (Å²) in [6.07, 6.45) is 0. The molecule has 6 heteroatoms. The molecule has 160 valence electrons. The Morgan fingerprint density at radius 1 is 0.833 bits per heavy atom. The molecule has 3 aromatic carbocycles. The van der Waals surface area contributed by atoms with Gasteiger partial charge in [0.15, 0.2) is 11.5 Å². The zero-order valence-electron chi connectivity index (χ0n) is 17.2. The fourth-order valence-corrected chi connectivity index (χ4v) is 3.55. The number of hydrogen-bond acceptors (Lipinski definition) is 4. The maximum absolute atomic E-state index is 6.05. The number of nitrogens with one attached hydrogen (secondary N) is 1. The Morgan fingerprint density at radius 3 is 2.20 bits per heavy atom. The van der Waals surface area contributed by atoms with Gasteiger partial charge in [-0.15, -0.1) is 12.4 Å². The fraction of sp³-hybridized carbons (Fsp3) is 0.250. The molecule has 0 aliphatic carbocycles. The first-order valence-electron chi connectivity index (χ1n) is 9.65. The van der Waals surface area contributed by atoms with Crippen LogP contribution < -0.4 is 19.5 Å². The summed E-state index contributed by atoms with van der Waals surface area (Å²) >= 11 is 3.65. The SMILES string of the molecule is CCOc1cc(CNCc2ccc(OC)cc2)cc(Br)c1OCc1ccccc1.Cl. The molecule has 0 saturated carbocycles. The molecule has 0 saturated heterocycles. The van der Waals surface area contributed by atoms with Crippen LogP contribution in [0.2, 0.25) is 0 Å². The lowest BCUT2D eigenvalue weighted by atomic mass is 10.1. The summed E-state index contributed by atoms with van der Waals surface area (Å²) < 4.78 is 18.0. The van der Waals surface area contributed by atoms with Gasteiger partial charge in [-0.1, -0.05) is 42.5 Å². The minimum atomic E-state index is 0. The van der Waals surface area contributed by atoms with Gasteiger partial charge in [0.25, 0.3) is 0 Å². The van der Waals surface area contributed by atoms with E-state index in [4.69, 9.17) is 14.2 Å². The summed E-state index contributed by atoms with van der Waals surface area (Å²) in [5.74, 6) is 2.35. The first-order chi connectivity index (χ1) is 14.2. The van der Waals surface area contributed by atoms with Gasteiger partial charge in [-0.25, -0.2) is 0 Å². The van der Waals surface area contributed by atoms with E-state index in [2.05, 4.69) is 39.4 Å². The molecule has 0 aliphatic rings. The number of halogens is 2. The van der Waals surface area contributed by atoms with Gasteiger partial charge in [0, 0.05) is 13.1 Å². The summed E-state index contributed by atoms with van der Waals surface area (Å²) in [6, 6.07) is 22.3. The molecular weight excluding hydrogens is 466 g/mol. The molecule has 0 unspecified atom stereocenters. The topological polar surface area (TPSA) is 39.7 Å². The summed E-state index contributed by atoms with van der Waals surface area (Å²) in [4.78, 5) is 0. The Labute approximate surface area is 193 Å². The molecule has 0 amide bonds. The van der Waals surface area contributed by atoms with Crippen LogP contribution in [-0.4, -0.2) is 13.7 Å². The van der Waals surface area contributed by atoms with Crippen molar-refractivity contribution in [2.45, 2.75) is 26.6 Å². The van der Waals surface area contributed by atoms with Gasteiger partial charge in [-0.3, -0.25) is 0 Å². The van der Waals surface area contributed by atoms with E-state index in [0.717, 1.165) is 45.9 Å². The van der Waals surface area contributed by atoms with Crippen molar-refractivity contribution in [3.63, 3.8) is 0 Å². The second-order valence-corrected chi connectivity index (χ2v) is 7.42. The monoisotopic (exact) mass is 491 g/mol. The van der Waals surface area contributed by atoms with E-state index in [1.807, 2.05) is 55.5 Å². The molecule has 0 radical (unpaired) electrons. The number of benzene rings is 3. The minimum Gasteiger partial charge on any atom is -0.497 e. The van der Waals surface area contributed by atoms with Crippen molar-refractivity contribution in [3.8, 4) is 17.2 Å². The Kier molecular flexibility index (Phi) is 10.0. The van der Waals surface area contributed by atoms with Crippen LogP contribution in [0.3, 0.4) is 0 Å². The van der Waals surface area contributed by atoms with Crippen molar-refractivity contribution in [1.29, 1.82) is 0 Å². The van der Waals surface area contributed by atoms with Crippen LogP contribution in [0.15, 0.2) is 71.2 Å². The smallest absolute Gasteiger partial charge is 0.175 e. The van der Waals surface area contributed by atoms with Gasteiger partial charge in [0.1, 0.15) is 12.4 Å². The van der Waals surface area contributed by atoms with Crippen molar-refractivity contribution in [2.75, 3.05) is 13.7 Å². The van der Waals surface area contributed by atoms with E-state index in [-0.39, 0.29) is 12.4 Å².